The molecule has 0 aromatic heterocycles. The molecule has 0 amide bonds. The first kappa shape index (κ1) is 27.8. The van der Waals surface area contributed by atoms with Crippen LogP contribution in [0.5, 0.6) is 5.75 Å². The number of hydrogen-bond donors (Lipinski definition) is 1. The zero-order valence-corrected chi connectivity index (χ0v) is 20.0. The van der Waals surface area contributed by atoms with Gasteiger partial charge in [0.15, 0.2) is 14.7 Å². The minimum absolute atomic E-state index is 0.534. The lowest BCUT2D eigenvalue weighted by molar-refractivity contribution is -0.247. The molecule has 3 aromatic rings. The van der Waals surface area contributed by atoms with Gasteiger partial charge in [-0.3, -0.25) is 4.55 Å². The third-order valence-electron chi connectivity index (χ3n) is 4.59. The van der Waals surface area contributed by atoms with Crippen LogP contribution in [0.15, 0.2) is 99.6 Å². The summed E-state index contributed by atoms with van der Waals surface area (Å²) in [5.41, 5.74) is 0. The molecule has 0 fully saturated rings. The lowest BCUT2D eigenvalue weighted by Crippen LogP contribution is -2.61. The molecule has 36 heavy (non-hydrogen) atoms. The zero-order chi connectivity index (χ0) is 27.0. The van der Waals surface area contributed by atoms with E-state index >= 15 is 0 Å². The van der Waals surface area contributed by atoms with E-state index in [2.05, 4.69) is 4.18 Å². The molecular weight excluding hydrogens is 558 g/mol. The monoisotopic (exact) mass is 573 g/mol. The SMILES string of the molecule is O=S(=O)(O)C(F)(F)C(F)(F)C(F)(F)S(=O)(=O)Oc1ccc([S+](c2ccccc2)c2ccccc2)cc1. The average Bonchev–Trinajstić information content (AvgIpc) is 2.80. The Balaban J connectivity index is 1.95. The number of hydrogen-bond acceptors (Lipinski definition) is 5. The van der Waals surface area contributed by atoms with Crippen molar-refractivity contribution in [1.29, 1.82) is 0 Å². The summed E-state index contributed by atoms with van der Waals surface area (Å²) >= 11 is 0. The quantitative estimate of drug-likeness (QED) is 0.164. The second kappa shape index (κ2) is 9.61. The molecule has 0 bridgehead atoms. The summed E-state index contributed by atoms with van der Waals surface area (Å²) in [4.78, 5) is 2.18. The van der Waals surface area contributed by atoms with Crippen molar-refractivity contribution in [2.75, 3.05) is 0 Å². The Hall–Kier alpha value is -2.75. The van der Waals surface area contributed by atoms with Crippen LogP contribution in [-0.4, -0.2) is 37.8 Å². The van der Waals surface area contributed by atoms with E-state index in [-0.39, 0.29) is 0 Å². The number of benzene rings is 3. The van der Waals surface area contributed by atoms with Crippen LogP contribution in [0.2, 0.25) is 0 Å². The highest BCUT2D eigenvalue weighted by Crippen LogP contribution is 2.51. The topological polar surface area (TPSA) is 97.7 Å². The van der Waals surface area contributed by atoms with Crippen molar-refractivity contribution >= 4 is 31.1 Å². The lowest BCUT2D eigenvalue weighted by Gasteiger charge is -2.29. The van der Waals surface area contributed by atoms with Crippen molar-refractivity contribution in [3.63, 3.8) is 0 Å². The summed E-state index contributed by atoms with van der Waals surface area (Å²) in [5.74, 6) is -8.02. The van der Waals surface area contributed by atoms with E-state index in [0.717, 1.165) is 21.9 Å². The Morgan fingerprint density at radius 1 is 0.611 bits per heavy atom. The van der Waals surface area contributed by atoms with Crippen molar-refractivity contribution in [2.45, 2.75) is 31.1 Å². The number of alkyl halides is 6. The van der Waals surface area contributed by atoms with Gasteiger partial charge in [0.25, 0.3) is 0 Å². The zero-order valence-electron chi connectivity index (χ0n) is 17.6. The third-order valence-corrected chi connectivity index (χ3v) is 9.02. The van der Waals surface area contributed by atoms with Crippen LogP contribution in [0.1, 0.15) is 0 Å². The van der Waals surface area contributed by atoms with Gasteiger partial charge in [-0.05, 0) is 48.5 Å². The van der Waals surface area contributed by atoms with Crippen LogP contribution >= 0.6 is 0 Å². The maximum atomic E-state index is 14.0. The van der Waals surface area contributed by atoms with Gasteiger partial charge in [0.2, 0.25) is 0 Å². The van der Waals surface area contributed by atoms with Gasteiger partial charge in [-0.15, -0.1) is 0 Å². The molecule has 1 N–H and O–H groups in total. The van der Waals surface area contributed by atoms with Crippen molar-refractivity contribution < 1.29 is 51.9 Å². The van der Waals surface area contributed by atoms with Gasteiger partial charge >= 0.3 is 36.7 Å². The lowest BCUT2D eigenvalue weighted by atomic mass is 10.3. The summed E-state index contributed by atoms with van der Waals surface area (Å²) in [6.45, 7) is 0. The number of halogens is 6. The highest BCUT2D eigenvalue weighted by molar-refractivity contribution is 7.97. The molecule has 194 valence electrons. The summed E-state index contributed by atoms with van der Waals surface area (Å²) in [5, 5.41) is -13.6. The Labute approximate surface area is 204 Å². The molecular formula is C21H15F6O6S3+. The van der Waals surface area contributed by atoms with Crippen LogP contribution in [0.25, 0.3) is 0 Å². The van der Waals surface area contributed by atoms with E-state index in [4.69, 9.17) is 4.55 Å². The van der Waals surface area contributed by atoms with Crippen molar-refractivity contribution in [3.05, 3.63) is 84.9 Å². The minimum Gasteiger partial charge on any atom is -0.378 e. The summed E-state index contributed by atoms with van der Waals surface area (Å²) in [6, 6.07) is 22.1. The average molecular weight is 574 g/mol. The largest absolute Gasteiger partial charge is 0.450 e. The first-order valence-electron chi connectivity index (χ1n) is 9.52. The predicted octanol–water partition coefficient (Wildman–Crippen LogP) is 5.20. The highest BCUT2D eigenvalue weighted by Gasteiger charge is 2.83. The molecule has 0 aliphatic rings. The highest BCUT2D eigenvalue weighted by atomic mass is 32.2. The first-order chi connectivity index (χ1) is 16.5. The second-order valence-corrected chi connectivity index (χ2v) is 12.1. The maximum absolute atomic E-state index is 14.0. The van der Waals surface area contributed by atoms with E-state index in [0.29, 0.717) is 4.90 Å². The molecule has 0 saturated carbocycles. The molecule has 0 aliphatic heterocycles. The fraction of sp³-hybridized carbons (Fsp3) is 0.143. The Kier molecular flexibility index (Phi) is 7.43. The summed E-state index contributed by atoms with van der Waals surface area (Å²) in [7, 11) is -14.8. The van der Waals surface area contributed by atoms with Crippen molar-refractivity contribution in [3.8, 4) is 5.75 Å². The van der Waals surface area contributed by atoms with Crippen molar-refractivity contribution in [1.82, 2.24) is 0 Å². The fourth-order valence-corrected chi connectivity index (χ4v) is 6.33. The summed E-state index contributed by atoms with van der Waals surface area (Å²) in [6.07, 6.45) is 0. The standard InChI is InChI=1S/C21H14F6O6S3/c22-19(23,20(24,25)35(28,29)30)21(26,27)36(31,32)33-15-11-13-18(14-12-15)34(16-7-3-1-4-8-16)17-9-5-2-6-10-17/h1-14H/p+1. The van der Waals surface area contributed by atoms with E-state index in [1.807, 2.05) is 24.3 Å². The molecule has 3 aromatic carbocycles. The molecule has 0 atom stereocenters. The normalized spacial score (nSPS) is 13.6. The van der Waals surface area contributed by atoms with Crippen LogP contribution in [-0.2, 0) is 31.1 Å². The van der Waals surface area contributed by atoms with Gasteiger partial charge in [0, 0.05) is 0 Å². The Bertz CT molecular complexity index is 1380. The first-order valence-corrected chi connectivity index (χ1v) is 13.6. The minimum atomic E-state index is -7.13. The molecule has 0 aliphatic carbocycles. The smallest absolute Gasteiger partial charge is 0.378 e. The third kappa shape index (κ3) is 4.92. The number of rotatable bonds is 9. The van der Waals surface area contributed by atoms with Crippen LogP contribution < -0.4 is 4.18 Å². The van der Waals surface area contributed by atoms with Gasteiger partial charge in [-0.25, -0.2) is 0 Å². The van der Waals surface area contributed by atoms with Crippen LogP contribution in [0, 0.1) is 0 Å². The van der Waals surface area contributed by atoms with E-state index in [1.165, 1.54) is 12.1 Å². The second-order valence-electron chi connectivity index (χ2n) is 7.02. The molecule has 0 unspecified atom stereocenters. The van der Waals surface area contributed by atoms with E-state index < -0.39 is 53.3 Å². The van der Waals surface area contributed by atoms with Crippen molar-refractivity contribution in [2.24, 2.45) is 0 Å². The maximum Gasteiger partial charge on any atom is 0.450 e. The molecule has 0 saturated heterocycles. The van der Waals surface area contributed by atoms with E-state index in [1.54, 1.807) is 36.4 Å². The molecule has 6 nitrogen and oxygen atoms in total. The van der Waals surface area contributed by atoms with Crippen LogP contribution in [0.3, 0.4) is 0 Å². The molecule has 0 spiro atoms. The van der Waals surface area contributed by atoms with Gasteiger partial charge < -0.3 is 4.18 Å². The molecule has 0 radical (unpaired) electrons. The summed E-state index contributed by atoms with van der Waals surface area (Å²) < 4.78 is 139. The van der Waals surface area contributed by atoms with E-state index in [9.17, 15) is 43.2 Å². The molecule has 3 rings (SSSR count). The van der Waals surface area contributed by atoms with Gasteiger partial charge in [-0.1, -0.05) is 36.4 Å². The Morgan fingerprint density at radius 2 is 1.00 bits per heavy atom. The predicted molar refractivity (Wildman–Crippen MR) is 117 cm³/mol. The Morgan fingerprint density at radius 3 is 1.39 bits per heavy atom. The fourth-order valence-electron chi connectivity index (χ4n) is 2.82. The van der Waals surface area contributed by atoms with Crippen LogP contribution in [0.4, 0.5) is 26.3 Å². The molecule has 15 heteroatoms. The molecule has 0 heterocycles. The van der Waals surface area contributed by atoms with Gasteiger partial charge in [-0.2, -0.15) is 43.2 Å². The van der Waals surface area contributed by atoms with Gasteiger partial charge in [0.05, 0.1) is 10.9 Å². The van der Waals surface area contributed by atoms with Gasteiger partial charge in [0.1, 0.15) is 5.75 Å².